The molecule has 0 fully saturated rings. The third kappa shape index (κ3) is 1.58. The van der Waals surface area contributed by atoms with Crippen LogP contribution in [0.1, 0.15) is 20.8 Å². The summed E-state index contributed by atoms with van der Waals surface area (Å²) in [5, 5.41) is 0. The van der Waals surface area contributed by atoms with Crippen molar-refractivity contribution < 1.29 is 0 Å². The number of hydrogen-bond donors (Lipinski definition) is 0. The van der Waals surface area contributed by atoms with Crippen molar-refractivity contribution in [1.29, 1.82) is 0 Å². The first kappa shape index (κ1) is 12.1. The second-order valence-electron chi connectivity index (χ2n) is 4.96. The molecule has 96 valence electrons. The number of nitrogens with zero attached hydrogens (tertiary/aromatic N) is 4. The molecule has 0 N–H and O–H groups in total. The normalized spacial score (nSPS) is 32.2. The highest BCUT2D eigenvalue weighted by atomic mass is 15.5. The Balaban J connectivity index is 2.31. The standard InChI is InChI=1S/C13H24N4/c1-6-16-10-8-14(4)12(16)13(3)15(5)9-11-17(13)7-2/h8-12H,6-7H2,1-5H3. The van der Waals surface area contributed by atoms with E-state index in [1.54, 1.807) is 0 Å². The summed E-state index contributed by atoms with van der Waals surface area (Å²) in [4.78, 5) is 9.42. The van der Waals surface area contributed by atoms with Gasteiger partial charge < -0.3 is 19.6 Å². The van der Waals surface area contributed by atoms with E-state index in [4.69, 9.17) is 0 Å². The number of hydrogen-bond acceptors (Lipinski definition) is 4. The van der Waals surface area contributed by atoms with E-state index in [1.165, 1.54) is 0 Å². The van der Waals surface area contributed by atoms with E-state index in [1.807, 2.05) is 0 Å². The van der Waals surface area contributed by atoms with Gasteiger partial charge in [-0.1, -0.05) is 0 Å². The van der Waals surface area contributed by atoms with Crippen LogP contribution in [0.25, 0.3) is 0 Å². The van der Waals surface area contributed by atoms with Crippen LogP contribution in [-0.2, 0) is 0 Å². The third-order valence-corrected chi connectivity index (χ3v) is 4.15. The van der Waals surface area contributed by atoms with Gasteiger partial charge in [0, 0.05) is 52.0 Å². The minimum atomic E-state index is -0.0109. The monoisotopic (exact) mass is 236 g/mol. The molecule has 0 radical (unpaired) electrons. The van der Waals surface area contributed by atoms with E-state index in [2.05, 4.69) is 79.3 Å². The number of likely N-dealkylation sites (N-methyl/N-ethyl adjacent to an activating group) is 4. The molecule has 0 bridgehead atoms. The molecule has 4 nitrogen and oxygen atoms in total. The van der Waals surface area contributed by atoms with Crippen LogP contribution in [-0.4, -0.2) is 58.6 Å². The summed E-state index contributed by atoms with van der Waals surface area (Å²) >= 11 is 0. The van der Waals surface area contributed by atoms with Gasteiger partial charge in [0.15, 0.2) is 0 Å². The van der Waals surface area contributed by atoms with Gasteiger partial charge in [0.05, 0.1) is 0 Å². The van der Waals surface area contributed by atoms with Gasteiger partial charge in [0.2, 0.25) is 0 Å². The van der Waals surface area contributed by atoms with Crippen molar-refractivity contribution in [3.63, 3.8) is 0 Å². The fraction of sp³-hybridized carbons (Fsp3) is 0.692. The topological polar surface area (TPSA) is 13.0 Å². The lowest BCUT2D eigenvalue weighted by atomic mass is 10.1. The van der Waals surface area contributed by atoms with Crippen molar-refractivity contribution in [2.75, 3.05) is 27.2 Å². The quantitative estimate of drug-likeness (QED) is 0.736. The predicted molar refractivity (Wildman–Crippen MR) is 70.8 cm³/mol. The van der Waals surface area contributed by atoms with E-state index in [0.717, 1.165) is 13.1 Å². The number of rotatable bonds is 3. The summed E-state index contributed by atoms with van der Waals surface area (Å²) < 4.78 is 0. The first-order valence-corrected chi connectivity index (χ1v) is 6.39. The van der Waals surface area contributed by atoms with Crippen LogP contribution < -0.4 is 0 Å². The van der Waals surface area contributed by atoms with E-state index >= 15 is 0 Å². The maximum Gasteiger partial charge on any atom is 0.149 e. The van der Waals surface area contributed by atoms with Gasteiger partial charge in [-0.25, -0.2) is 0 Å². The van der Waals surface area contributed by atoms with E-state index in [0.29, 0.717) is 6.17 Å². The van der Waals surface area contributed by atoms with Crippen molar-refractivity contribution >= 4 is 0 Å². The summed E-state index contributed by atoms with van der Waals surface area (Å²) in [6.07, 6.45) is 9.08. The fourth-order valence-corrected chi connectivity index (χ4v) is 3.01. The second kappa shape index (κ2) is 4.17. The van der Waals surface area contributed by atoms with Gasteiger partial charge in [0.1, 0.15) is 11.8 Å². The Kier molecular flexibility index (Phi) is 2.98. The smallest absolute Gasteiger partial charge is 0.149 e. The molecule has 0 saturated carbocycles. The van der Waals surface area contributed by atoms with Gasteiger partial charge in [0.25, 0.3) is 0 Å². The molecule has 0 spiro atoms. The summed E-state index contributed by atoms with van der Waals surface area (Å²) in [5.41, 5.74) is -0.0109. The molecule has 0 aromatic heterocycles. The molecule has 4 heteroatoms. The Morgan fingerprint density at radius 3 is 2.29 bits per heavy atom. The van der Waals surface area contributed by atoms with Crippen LogP contribution in [0.15, 0.2) is 24.8 Å². The van der Waals surface area contributed by atoms with Gasteiger partial charge in [-0.3, -0.25) is 0 Å². The summed E-state index contributed by atoms with van der Waals surface area (Å²) in [6, 6.07) is 0. The minimum Gasteiger partial charge on any atom is -0.356 e. The largest absolute Gasteiger partial charge is 0.356 e. The Bertz CT molecular complexity index is 338. The first-order valence-electron chi connectivity index (χ1n) is 6.39. The molecule has 2 aliphatic rings. The predicted octanol–water partition coefficient (Wildman–Crippen LogP) is 1.51. The molecule has 0 saturated heterocycles. The zero-order chi connectivity index (χ0) is 12.6. The molecule has 0 aromatic rings. The SMILES string of the molecule is CCN1C=CN(C)C1C1(C)N(C)C=CN1CC. The molecule has 2 heterocycles. The molecule has 2 unspecified atom stereocenters. The lowest BCUT2D eigenvalue weighted by molar-refractivity contribution is -0.0527. The van der Waals surface area contributed by atoms with Crippen LogP contribution in [0, 0.1) is 0 Å². The van der Waals surface area contributed by atoms with Crippen LogP contribution in [0.5, 0.6) is 0 Å². The van der Waals surface area contributed by atoms with E-state index < -0.39 is 0 Å². The highest BCUT2D eigenvalue weighted by Gasteiger charge is 2.48. The molecule has 0 aromatic carbocycles. The van der Waals surface area contributed by atoms with Gasteiger partial charge >= 0.3 is 0 Å². The Morgan fingerprint density at radius 1 is 1.00 bits per heavy atom. The third-order valence-electron chi connectivity index (χ3n) is 4.15. The van der Waals surface area contributed by atoms with Crippen molar-refractivity contribution in [3.05, 3.63) is 24.8 Å². The molecular weight excluding hydrogens is 212 g/mol. The van der Waals surface area contributed by atoms with Crippen molar-refractivity contribution in [2.24, 2.45) is 0 Å². The molecule has 17 heavy (non-hydrogen) atoms. The van der Waals surface area contributed by atoms with Gasteiger partial charge in [-0.15, -0.1) is 0 Å². The summed E-state index contributed by atoms with van der Waals surface area (Å²) in [5.74, 6) is 0. The zero-order valence-electron chi connectivity index (χ0n) is 11.6. The van der Waals surface area contributed by atoms with Gasteiger partial charge in [-0.05, 0) is 20.8 Å². The maximum absolute atomic E-state index is 2.41. The molecule has 2 aliphatic heterocycles. The molecule has 0 aliphatic carbocycles. The fourth-order valence-electron chi connectivity index (χ4n) is 3.01. The molecule has 2 rings (SSSR count). The van der Waals surface area contributed by atoms with E-state index in [-0.39, 0.29) is 5.66 Å². The van der Waals surface area contributed by atoms with Crippen LogP contribution in [0.2, 0.25) is 0 Å². The lowest BCUT2D eigenvalue weighted by Gasteiger charge is -2.50. The average Bonchev–Trinajstić information content (AvgIpc) is 2.82. The average molecular weight is 236 g/mol. The summed E-state index contributed by atoms with van der Waals surface area (Å²) in [7, 11) is 4.31. The van der Waals surface area contributed by atoms with Gasteiger partial charge in [-0.2, -0.15) is 0 Å². The Hall–Kier alpha value is -1.32. The lowest BCUT2D eigenvalue weighted by Crippen LogP contribution is -2.65. The zero-order valence-corrected chi connectivity index (χ0v) is 11.6. The highest BCUT2D eigenvalue weighted by molar-refractivity contribution is 5.13. The maximum atomic E-state index is 2.41. The van der Waals surface area contributed by atoms with Crippen LogP contribution in [0.3, 0.4) is 0 Å². The second-order valence-corrected chi connectivity index (χ2v) is 4.96. The summed E-state index contributed by atoms with van der Waals surface area (Å²) in [6.45, 7) is 8.79. The van der Waals surface area contributed by atoms with Crippen molar-refractivity contribution in [2.45, 2.75) is 32.6 Å². The van der Waals surface area contributed by atoms with Crippen molar-refractivity contribution in [3.8, 4) is 0 Å². The highest BCUT2D eigenvalue weighted by Crippen LogP contribution is 2.35. The van der Waals surface area contributed by atoms with Crippen LogP contribution >= 0.6 is 0 Å². The first-order chi connectivity index (χ1) is 8.05. The Morgan fingerprint density at radius 2 is 1.71 bits per heavy atom. The molecule has 0 amide bonds. The van der Waals surface area contributed by atoms with Crippen molar-refractivity contribution in [1.82, 2.24) is 19.6 Å². The molecular formula is C13H24N4. The van der Waals surface area contributed by atoms with E-state index in [9.17, 15) is 0 Å². The molecule has 2 atom stereocenters. The minimum absolute atomic E-state index is 0.0109. The van der Waals surface area contributed by atoms with Crippen LogP contribution in [0.4, 0.5) is 0 Å². The Labute approximate surface area is 105 Å².